The number of allylic oxidation sites excluding steroid dienone is 4. The zero-order chi connectivity index (χ0) is 28.2. The Labute approximate surface area is 231 Å². The van der Waals surface area contributed by atoms with Crippen LogP contribution in [-0.2, 0) is 15.8 Å². The van der Waals surface area contributed by atoms with Gasteiger partial charge in [0.2, 0.25) is 0 Å². The Morgan fingerprint density at radius 3 is 2.44 bits per heavy atom. The second-order valence-electron chi connectivity index (χ2n) is 9.54. The summed E-state index contributed by atoms with van der Waals surface area (Å²) in [6.45, 7) is 3.18. The van der Waals surface area contributed by atoms with E-state index in [1.807, 2.05) is 0 Å². The van der Waals surface area contributed by atoms with E-state index in [0.29, 0.717) is 23.4 Å². The summed E-state index contributed by atoms with van der Waals surface area (Å²) in [6.07, 6.45) is 25.5. The van der Waals surface area contributed by atoms with Crippen molar-refractivity contribution >= 4 is 30.5 Å². The molecule has 0 atom stereocenters. The van der Waals surface area contributed by atoms with Gasteiger partial charge in [-0.3, -0.25) is 4.57 Å². The van der Waals surface area contributed by atoms with Crippen molar-refractivity contribution in [2.75, 3.05) is 24.8 Å². The maximum Gasteiger partial charge on any atom is 0.350 e. The Bertz CT molecular complexity index is 1070. The molecule has 11 nitrogen and oxygen atoms in total. The molecule has 0 bridgehead atoms. The highest BCUT2D eigenvalue weighted by molar-refractivity contribution is 7.51. The fraction of sp³-hybridized carbons (Fsp3) is 0.630. The van der Waals surface area contributed by atoms with Gasteiger partial charge in [-0.05, 0) is 38.5 Å². The number of unbranched alkanes of at least 4 members (excludes halogenated alkanes) is 9. The van der Waals surface area contributed by atoms with Crippen molar-refractivity contribution in [2.24, 2.45) is 0 Å². The topological polar surface area (TPSA) is 151 Å². The highest BCUT2D eigenvalue weighted by Crippen LogP contribution is 2.33. The molecule has 2 amide bonds. The summed E-state index contributed by atoms with van der Waals surface area (Å²) in [6, 6.07) is -0.327. The summed E-state index contributed by atoms with van der Waals surface area (Å²) in [7, 11) is -4.21. The Hall–Kier alpha value is -2.59. The number of amides is 2. The number of carbonyl (C=O) groups is 1. The molecule has 0 spiro atoms. The lowest BCUT2D eigenvalue weighted by Crippen LogP contribution is -2.29. The number of rotatable bonds is 21. The molecular formula is C27H45N6O5P. The lowest BCUT2D eigenvalue weighted by molar-refractivity contribution is 0.149. The first-order chi connectivity index (χ1) is 18.9. The molecular weight excluding hydrogens is 519 g/mol. The standard InChI is InChI=1S/C27H45N6O5P/c1-2-3-4-5-6-7-8-9-10-11-12-13-14-15-16-17-18-28-27(34)31-24-21-30-32-26-25(24)29-22-33(26)19-20-38-23-39(35,36)37/h6-7,9-10,21-22H,2-5,8,11-20,23H2,1H3,(H2,35,36,37)(H2,28,31,32,34). The van der Waals surface area contributed by atoms with Crippen molar-refractivity contribution in [3.63, 3.8) is 0 Å². The van der Waals surface area contributed by atoms with Gasteiger partial charge >= 0.3 is 13.6 Å². The monoisotopic (exact) mass is 564 g/mol. The van der Waals surface area contributed by atoms with Crippen LogP contribution in [0.25, 0.3) is 11.2 Å². The third-order valence-electron chi connectivity index (χ3n) is 6.05. The van der Waals surface area contributed by atoms with Gasteiger partial charge in [0.15, 0.2) is 5.65 Å². The second kappa shape index (κ2) is 19.5. The number of nitrogens with zero attached hydrogens (tertiary/aromatic N) is 4. The minimum Gasteiger partial charge on any atom is -0.367 e. The van der Waals surface area contributed by atoms with E-state index in [2.05, 4.69) is 57.0 Å². The van der Waals surface area contributed by atoms with Gasteiger partial charge in [0.25, 0.3) is 0 Å². The molecule has 39 heavy (non-hydrogen) atoms. The zero-order valence-electron chi connectivity index (χ0n) is 23.1. The van der Waals surface area contributed by atoms with Crippen LogP contribution in [0, 0.1) is 0 Å². The van der Waals surface area contributed by atoms with Crippen LogP contribution in [0.5, 0.6) is 0 Å². The van der Waals surface area contributed by atoms with E-state index in [1.54, 1.807) is 4.57 Å². The Morgan fingerprint density at radius 1 is 1.03 bits per heavy atom. The molecule has 0 saturated carbocycles. The molecule has 0 aliphatic carbocycles. The van der Waals surface area contributed by atoms with Gasteiger partial charge in [0.1, 0.15) is 11.9 Å². The molecule has 0 aliphatic heterocycles. The van der Waals surface area contributed by atoms with Crippen LogP contribution >= 0.6 is 7.60 Å². The number of fused-ring (bicyclic) bond motifs is 1. The number of ether oxygens (including phenoxy) is 1. The van der Waals surface area contributed by atoms with Gasteiger partial charge in [0, 0.05) is 13.1 Å². The SMILES string of the molecule is CCCCCC=CCC=CCCCCCCCCNC(=O)Nc1cnnc2c1ncn2CCOCP(=O)(O)O. The van der Waals surface area contributed by atoms with Crippen LogP contribution < -0.4 is 10.6 Å². The number of aromatic nitrogens is 4. The number of hydrogen-bond acceptors (Lipinski definition) is 6. The largest absolute Gasteiger partial charge is 0.367 e. The highest BCUT2D eigenvalue weighted by Gasteiger charge is 2.14. The second-order valence-corrected chi connectivity index (χ2v) is 11.1. The summed E-state index contributed by atoms with van der Waals surface area (Å²) in [5, 5.41) is 13.6. The first-order valence-corrected chi connectivity index (χ1v) is 15.8. The summed E-state index contributed by atoms with van der Waals surface area (Å²) in [4.78, 5) is 34.3. The number of carbonyl (C=O) groups excluding carboxylic acids is 1. The third-order valence-corrected chi connectivity index (χ3v) is 6.57. The number of hydrogen-bond donors (Lipinski definition) is 4. The molecule has 2 aromatic rings. The molecule has 2 heterocycles. The van der Waals surface area contributed by atoms with Gasteiger partial charge in [-0.2, -0.15) is 5.10 Å². The maximum atomic E-state index is 12.3. The van der Waals surface area contributed by atoms with E-state index in [9.17, 15) is 9.36 Å². The minimum atomic E-state index is -4.21. The molecule has 0 unspecified atom stereocenters. The molecule has 0 radical (unpaired) electrons. The minimum absolute atomic E-state index is 0.0740. The van der Waals surface area contributed by atoms with Gasteiger partial charge < -0.3 is 29.7 Å². The van der Waals surface area contributed by atoms with Crippen molar-refractivity contribution in [3.8, 4) is 0 Å². The van der Waals surface area contributed by atoms with Crippen molar-refractivity contribution in [1.29, 1.82) is 0 Å². The predicted octanol–water partition coefficient (Wildman–Crippen LogP) is 5.91. The number of urea groups is 1. The zero-order valence-corrected chi connectivity index (χ0v) is 24.0. The van der Waals surface area contributed by atoms with Crippen LogP contribution in [0.2, 0.25) is 0 Å². The Balaban J connectivity index is 1.53. The van der Waals surface area contributed by atoms with Crippen LogP contribution in [0.3, 0.4) is 0 Å². The molecule has 2 rings (SSSR count). The van der Waals surface area contributed by atoms with E-state index in [1.165, 1.54) is 57.5 Å². The maximum absolute atomic E-state index is 12.3. The van der Waals surface area contributed by atoms with Gasteiger partial charge in [-0.1, -0.05) is 69.8 Å². The van der Waals surface area contributed by atoms with Crippen LogP contribution in [0.4, 0.5) is 10.5 Å². The molecule has 2 aromatic heterocycles. The van der Waals surface area contributed by atoms with E-state index >= 15 is 0 Å². The Kier molecular flexibility index (Phi) is 16.3. The fourth-order valence-corrected chi connectivity index (χ4v) is 4.32. The van der Waals surface area contributed by atoms with E-state index < -0.39 is 13.9 Å². The normalized spacial score (nSPS) is 12.2. The van der Waals surface area contributed by atoms with Crippen molar-refractivity contribution in [2.45, 2.75) is 90.5 Å². The van der Waals surface area contributed by atoms with Crippen LogP contribution in [-0.4, -0.2) is 55.1 Å². The third kappa shape index (κ3) is 15.0. The van der Waals surface area contributed by atoms with Crippen LogP contribution in [0.1, 0.15) is 84.0 Å². The number of nitrogens with one attached hydrogen (secondary N) is 2. The van der Waals surface area contributed by atoms with Gasteiger partial charge in [-0.15, -0.1) is 5.10 Å². The van der Waals surface area contributed by atoms with Crippen molar-refractivity contribution in [3.05, 3.63) is 36.8 Å². The lowest BCUT2D eigenvalue weighted by atomic mass is 10.1. The average Bonchev–Trinajstić information content (AvgIpc) is 3.32. The molecule has 218 valence electrons. The van der Waals surface area contributed by atoms with Crippen molar-refractivity contribution < 1.29 is 23.9 Å². The van der Waals surface area contributed by atoms with E-state index in [-0.39, 0.29) is 19.2 Å². The fourth-order valence-electron chi connectivity index (χ4n) is 3.96. The molecule has 0 saturated heterocycles. The molecule has 12 heteroatoms. The number of imidazole rings is 1. The molecule has 0 fully saturated rings. The quantitative estimate of drug-likeness (QED) is 0.0829. The Morgan fingerprint density at radius 2 is 1.72 bits per heavy atom. The van der Waals surface area contributed by atoms with Gasteiger partial charge in [0.05, 0.1) is 24.8 Å². The molecule has 4 N–H and O–H groups in total. The summed E-state index contributed by atoms with van der Waals surface area (Å²) >= 11 is 0. The smallest absolute Gasteiger partial charge is 0.350 e. The van der Waals surface area contributed by atoms with Gasteiger partial charge in [-0.25, -0.2) is 9.78 Å². The first-order valence-electron chi connectivity index (χ1n) is 14.0. The highest BCUT2D eigenvalue weighted by atomic mass is 31.2. The lowest BCUT2D eigenvalue weighted by Gasteiger charge is -2.08. The van der Waals surface area contributed by atoms with E-state index in [4.69, 9.17) is 14.5 Å². The molecule has 0 aliphatic rings. The number of anilines is 1. The van der Waals surface area contributed by atoms with Crippen LogP contribution in [0.15, 0.2) is 36.8 Å². The summed E-state index contributed by atoms with van der Waals surface area (Å²) < 4.78 is 17.5. The predicted molar refractivity (Wildman–Crippen MR) is 155 cm³/mol. The first kappa shape index (κ1) is 32.6. The molecule has 0 aromatic carbocycles. The summed E-state index contributed by atoms with van der Waals surface area (Å²) in [5.41, 5.74) is 1.35. The summed E-state index contributed by atoms with van der Waals surface area (Å²) in [5.74, 6) is 0. The van der Waals surface area contributed by atoms with E-state index in [0.717, 1.165) is 32.1 Å². The van der Waals surface area contributed by atoms with Crippen molar-refractivity contribution in [1.82, 2.24) is 25.1 Å². The average molecular weight is 565 g/mol.